The highest BCUT2D eigenvalue weighted by Gasteiger charge is 2.53. The van der Waals surface area contributed by atoms with Crippen molar-refractivity contribution in [2.45, 2.75) is 49.8 Å². The first-order valence-electron chi connectivity index (χ1n) is 12.2. The number of nitrogens with one attached hydrogen (secondary N) is 2. The van der Waals surface area contributed by atoms with Gasteiger partial charge in [0.1, 0.15) is 24.9 Å². The van der Waals surface area contributed by atoms with Crippen molar-refractivity contribution < 1.29 is 24.5 Å². The van der Waals surface area contributed by atoms with Crippen LogP contribution in [-0.4, -0.2) is 63.5 Å². The molecule has 0 radical (unpaired) electrons. The number of amides is 1. The number of ether oxygens (including phenoxy) is 2. The number of hydrogen-bond acceptors (Lipinski definition) is 9. The lowest BCUT2D eigenvalue weighted by Crippen LogP contribution is -2.69. The van der Waals surface area contributed by atoms with Crippen LogP contribution in [0.4, 0.5) is 22.2 Å². The number of nitrogens with two attached hydrogens (primary N) is 1. The van der Waals surface area contributed by atoms with Gasteiger partial charge in [-0.1, -0.05) is 55.5 Å². The van der Waals surface area contributed by atoms with Crippen LogP contribution in [0.1, 0.15) is 30.4 Å². The normalized spacial score (nSPS) is 25.9. The Morgan fingerprint density at radius 3 is 2.41 bits per heavy atom. The van der Waals surface area contributed by atoms with E-state index in [0.717, 1.165) is 27.2 Å². The number of aromatic nitrogens is 2. The third kappa shape index (κ3) is 3.66. The van der Waals surface area contributed by atoms with Gasteiger partial charge in [-0.05, 0) is 28.7 Å². The third-order valence-electron chi connectivity index (χ3n) is 7.38. The fourth-order valence-electron chi connectivity index (χ4n) is 5.66. The molecule has 0 saturated carbocycles. The van der Waals surface area contributed by atoms with Crippen LogP contribution in [0.5, 0.6) is 0 Å². The molecule has 3 aromatic rings. The zero-order valence-electron chi connectivity index (χ0n) is 20.0. The topological polar surface area (TPSA) is 163 Å². The Labute approximate surface area is 211 Å². The number of hydrogen-bond donors (Lipinski definition) is 5. The first-order valence-corrected chi connectivity index (χ1v) is 12.2. The van der Waals surface area contributed by atoms with Crippen molar-refractivity contribution in [2.75, 3.05) is 22.6 Å². The van der Waals surface area contributed by atoms with Crippen molar-refractivity contribution in [1.29, 1.82) is 0 Å². The van der Waals surface area contributed by atoms with Gasteiger partial charge in [-0.25, -0.2) is 4.79 Å². The molecule has 2 aliphatic heterocycles. The van der Waals surface area contributed by atoms with E-state index in [4.69, 9.17) is 15.2 Å². The summed E-state index contributed by atoms with van der Waals surface area (Å²) in [5.74, 6) is -0.333. The summed E-state index contributed by atoms with van der Waals surface area (Å²) in [4.78, 5) is 34.1. The quantitative estimate of drug-likeness (QED) is 0.357. The number of rotatable bonds is 3. The number of H-pyrrole nitrogens is 1. The number of aliphatic hydroxyl groups is 2. The van der Waals surface area contributed by atoms with Crippen molar-refractivity contribution in [2.24, 2.45) is 0 Å². The molecule has 192 valence electrons. The van der Waals surface area contributed by atoms with Gasteiger partial charge < -0.3 is 30.7 Å². The van der Waals surface area contributed by atoms with E-state index in [0.29, 0.717) is 6.42 Å². The summed E-state index contributed by atoms with van der Waals surface area (Å²) in [5, 5.41) is 24.6. The van der Waals surface area contributed by atoms with Crippen LogP contribution in [0.3, 0.4) is 0 Å². The number of nitrogens with zero attached hydrogens (tertiary/aromatic N) is 2. The molecule has 1 fully saturated rings. The molecule has 37 heavy (non-hydrogen) atoms. The van der Waals surface area contributed by atoms with Crippen LogP contribution in [0.25, 0.3) is 11.1 Å². The predicted molar refractivity (Wildman–Crippen MR) is 135 cm³/mol. The Bertz CT molecular complexity index is 1380. The second-order valence-corrected chi connectivity index (χ2v) is 9.44. The number of aliphatic hydroxyl groups excluding tert-OH is 2. The molecule has 1 aliphatic carbocycles. The van der Waals surface area contributed by atoms with Gasteiger partial charge in [0.2, 0.25) is 5.95 Å². The summed E-state index contributed by atoms with van der Waals surface area (Å²) in [5.41, 5.74) is 9.09. The number of benzene rings is 2. The van der Waals surface area contributed by atoms with E-state index in [1.54, 1.807) is 0 Å². The molecule has 0 spiro atoms. The molecule has 0 bridgehead atoms. The maximum Gasteiger partial charge on any atom is 0.415 e. The van der Waals surface area contributed by atoms with E-state index < -0.39 is 42.2 Å². The van der Waals surface area contributed by atoms with Crippen molar-refractivity contribution in [1.82, 2.24) is 9.97 Å². The van der Waals surface area contributed by atoms with Crippen molar-refractivity contribution in [3.63, 3.8) is 0 Å². The highest BCUT2D eigenvalue weighted by atomic mass is 16.6. The van der Waals surface area contributed by atoms with Gasteiger partial charge >= 0.3 is 6.09 Å². The van der Waals surface area contributed by atoms with Gasteiger partial charge in [0, 0.05) is 5.92 Å². The van der Waals surface area contributed by atoms with Crippen molar-refractivity contribution in [3.05, 3.63) is 70.0 Å². The molecule has 11 heteroatoms. The molecule has 11 nitrogen and oxygen atoms in total. The highest BCUT2D eigenvalue weighted by molar-refractivity contribution is 5.93. The van der Waals surface area contributed by atoms with Gasteiger partial charge in [-0.2, -0.15) is 4.98 Å². The minimum atomic E-state index is -1.42. The molecule has 3 heterocycles. The fraction of sp³-hybridized carbons (Fsp3) is 0.346. The summed E-state index contributed by atoms with van der Waals surface area (Å²) in [6, 6.07) is 14.7. The minimum absolute atomic E-state index is 0.000898. The van der Waals surface area contributed by atoms with E-state index in [2.05, 4.69) is 15.3 Å². The summed E-state index contributed by atoms with van der Waals surface area (Å²) < 4.78 is 11.8. The molecule has 1 aromatic heterocycles. The van der Waals surface area contributed by atoms with Crippen molar-refractivity contribution >= 4 is 23.5 Å². The number of anilines is 3. The smallest absolute Gasteiger partial charge is 0.415 e. The molecule has 2 aromatic carbocycles. The molecule has 6 rings (SSSR count). The molecular weight excluding hydrogens is 478 g/mol. The van der Waals surface area contributed by atoms with E-state index in [1.165, 1.54) is 0 Å². The number of fused-ring (bicyclic) bond motifs is 5. The lowest BCUT2D eigenvalue weighted by Gasteiger charge is -2.49. The highest BCUT2D eigenvalue weighted by Crippen LogP contribution is 2.45. The van der Waals surface area contributed by atoms with Crippen LogP contribution >= 0.6 is 0 Å². The first-order chi connectivity index (χ1) is 17.9. The standard InChI is InChI=1S/C26H27N5O6/c1-2-17-20(32)21(33)18-24(37-17)28-22-19(23(34)30-25(27)29-22)31(18)26(35)36-11-16-14-9-5-3-7-12(14)13-8-4-6-10-15(13)16/h3-10,16-18,20-21,24,32-33H,2,11H2,1H3,(H4,27,28,29,30,34). The van der Waals surface area contributed by atoms with Crippen molar-refractivity contribution in [3.8, 4) is 11.1 Å². The molecule has 1 amide bonds. The minimum Gasteiger partial charge on any atom is -0.448 e. The van der Waals surface area contributed by atoms with E-state index in [9.17, 15) is 19.8 Å². The predicted octanol–water partition coefficient (Wildman–Crippen LogP) is 1.76. The molecule has 5 atom stereocenters. The average Bonchev–Trinajstić information content (AvgIpc) is 3.21. The van der Waals surface area contributed by atoms with Crippen LogP contribution in [0.15, 0.2) is 53.3 Å². The SMILES string of the molecule is CCC1OC2Nc3nc(N)[nH]c(=O)c3N(C(=O)OCC3c4ccccc4-c4ccccc43)C2C(O)C1O. The second-order valence-electron chi connectivity index (χ2n) is 9.44. The molecule has 3 aliphatic rings. The van der Waals surface area contributed by atoms with Gasteiger partial charge in [0.25, 0.3) is 5.56 Å². The lowest BCUT2D eigenvalue weighted by atomic mass is 9.92. The number of aromatic amines is 1. The van der Waals surface area contributed by atoms with Gasteiger partial charge in [-0.15, -0.1) is 0 Å². The lowest BCUT2D eigenvalue weighted by molar-refractivity contribution is -0.172. The Morgan fingerprint density at radius 2 is 1.76 bits per heavy atom. The van der Waals surface area contributed by atoms with E-state index in [-0.39, 0.29) is 30.0 Å². The zero-order valence-corrected chi connectivity index (χ0v) is 20.0. The second kappa shape index (κ2) is 8.87. The number of nitrogen functional groups attached to an aromatic ring is 1. The first kappa shape index (κ1) is 23.5. The van der Waals surface area contributed by atoms with Crippen LogP contribution in [-0.2, 0) is 9.47 Å². The fourth-order valence-corrected chi connectivity index (χ4v) is 5.66. The maximum absolute atomic E-state index is 13.7. The van der Waals surface area contributed by atoms with E-state index in [1.807, 2.05) is 55.5 Å². The van der Waals surface area contributed by atoms with Crippen LogP contribution in [0, 0.1) is 0 Å². The van der Waals surface area contributed by atoms with Crippen LogP contribution in [0.2, 0.25) is 0 Å². The zero-order chi connectivity index (χ0) is 25.8. The summed E-state index contributed by atoms with van der Waals surface area (Å²) in [6.07, 6.45) is -4.78. The van der Waals surface area contributed by atoms with E-state index >= 15 is 0 Å². The Morgan fingerprint density at radius 1 is 1.11 bits per heavy atom. The Balaban J connectivity index is 1.35. The third-order valence-corrected chi connectivity index (χ3v) is 7.38. The van der Waals surface area contributed by atoms with Crippen LogP contribution < -0.4 is 21.5 Å². The van der Waals surface area contributed by atoms with Gasteiger partial charge in [-0.3, -0.25) is 14.7 Å². The summed E-state index contributed by atoms with van der Waals surface area (Å²) >= 11 is 0. The average molecular weight is 506 g/mol. The molecule has 6 N–H and O–H groups in total. The molecule has 5 unspecified atom stereocenters. The molecule has 1 saturated heterocycles. The Kier molecular flexibility index (Phi) is 5.63. The van der Waals surface area contributed by atoms with Gasteiger partial charge in [0.05, 0.1) is 6.10 Å². The maximum atomic E-state index is 13.7. The summed E-state index contributed by atoms with van der Waals surface area (Å²) in [6.45, 7) is 1.81. The largest absolute Gasteiger partial charge is 0.448 e. The summed E-state index contributed by atoms with van der Waals surface area (Å²) in [7, 11) is 0. The number of carbonyl (C=O) groups excluding carboxylic acids is 1. The molecular formula is C26H27N5O6. The monoisotopic (exact) mass is 505 g/mol. The van der Waals surface area contributed by atoms with Gasteiger partial charge in [0.15, 0.2) is 17.7 Å². The Hall–Kier alpha value is -3.93. The number of carbonyl (C=O) groups is 1.